The van der Waals surface area contributed by atoms with E-state index in [4.69, 9.17) is 0 Å². The summed E-state index contributed by atoms with van der Waals surface area (Å²) >= 11 is 0. The zero-order chi connectivity index (χ0) is 42.0. The summed E-state index contributed by atoms with van der Waals surface area (Å²) in [6.07, 6.45) is 10.2. The molecule has 296 valence electrons. The van der Waals surface area contributed by atoms with Gasteiger partial charge in [-0.1, -0.05) is 123 Å². The summed E-state index contributed by atoms with van der Waals surface area (Å²) in [7, 11) is 0. The van der Waals surface area contributed by atoms with Crippen molar-refractivity contribution in [1.82, 2.24) is 9.13 Å². The summed E-state index contributed by atoms with van der Waals surface area (Å²) in [5.41, 5.74) is 14.2. The summed E-state index contributed by atoms with van der Waals surface area (Å²) in [6.45, 7) is 18.9. The van der Waals surface area contributed by atoms with E-state index in [0.717, 1.165) is 78.2 Å². The minimum absolute atomic E-state index is 0.802. The van der Waals surface area contributed by atoms with Crippen molar-refractivity contribution in [1.29, 1.82) is 0 Å². The fourth-order valence-electron chi connectivity index (χ4n) is 8.71. The van der Waals surface area contributed by atoms with Crippen LogP contribution >= 0.6 is 0 Å². The number of hydrogen-bond acceptors (Lipinski definition) is 2. The molecule has 0 amide bonds. The molecule has 0 aliphatic rings. The Morgan fingerprint density at radius 3 is 1.57 bits per heavy atom. The lowest BCUT2D eigenvalue weighted by Crippen LogP contribution is -2.27. The third kappa shape index (κ3) is 6.88. The van der Waals surface area contributed by atoms with Gasteiger partial charge in [-0.15, -0.1) is 0 Å². The molecule has 0 unspecified atom stereocenters. The third-order valence-corrected chi connectivity index (χ3v) is 11.7. The van der Waals surface area contributed by atoms with Crippen LogP contribution in [-0.2, 0) is 0 Å². The van der Waals surface area contributed by atoms with E-state index in [-0.39, 0.29) is 0 Å². The summed E-state index contributed by atoms with van der Waals surface area (Å²) < 4.78 is 4.67. The zero-order valence-electron chi connectivity index (χ0n) is 35.0. The molecule has 0 aliphatic carbocycles. The second-order valence-electron chi connectivity index (χ2n) is 15.1. The molecule has 61 heavy (non-hydrogen) atoms. The molecule has 0 radical (unpaired) electrons. The Morgan fingerprint density at radius 1 is 0.508 bits per heavy atom. The number of fused-ring (bicyclic) bond motifs is 4. The number of rotatable bonds is 11. The van der Waals surface area contributed by atoms with Crippen LogP contribution in [0.25, 0.3) is 67.4 Å². The van der Waals surface area contributed by atoms with E-state index in [9.17, 15) is 0 Å². The van der Waals surface area contributed by atoms with Crippen molar-refractivity contribution in [3.8, 4) is 22.5 Å². The van der Waals surface area contributed by atoms with Crippen LogP contribution < -0.4 is 20.4 Å². The highest BCUT2D eigenvalue weighted by Gasteiger charge is 2.19. The zero-order valence-corrected chi connectivity index (χ0v) is 35.0. The summed E-state index contributed by atoms with van der Waals surface area (Å²) in [5, 5.41) is 5.86. The van der Waals surface area contributed by atoms with Crippen molar-refractivity contribution in [2.75, 3.05) is 9.80 Å². The molecule has 2 heterocycles. The predicted molar refractivity (Wildman–Crippen MR) is 263 cm³/mol. The van der Waals surface area contributed by atoms with Gasteiger partial charge in [0.1, 0.15) is 0 Å². The van der Waals surface area contributed by atoms with Gasteiger partial charge in [-0.2, -0.15) is 0 Å². The molecular formula is C57H48N4. The molecule has 0 aliphatic heterocycles. The maximum Gasteiger partial charge on any atom is 0.0542 e. The average Bonchev–Trinajstić information content (AvgIpc) is 3.81. The van der Waals surface area contributed by atoms with Crippen LogP contribution in [0.1, 0.15) is 20.8 Å². The molecule has 0 saturated heterocycles. The van der Waals surface area contributed by atoms with Crippen LogP contribution in [0.15, 0.2) is 219 Å². The molecule has 0 atom stereocenters. The Bertz CT molecular complexity index is 3250. The van der Waals surface area contributed by atoms with E-state index in [1.165, 1.54) is 21.7 Å². The number of allylic oxidation sites excluding steroid dienone is 4. The molecule has 2 aromatic heterocycles. The van der Waals surface area contributed by atoms with Crippen molar-refractivity contribution < 1.29 is 0 Å². The molecule has 9 rings (SSSR count). The highest BCUT2D eigenvalue weighted by atomic mass is 15.2. The lowest BCUT2D eigenvalue weighted by molar-refractivity contribution is 1.07. The first kappa shape index (κ1) is 38.7. The minimum atomic E-state index is 0.802. The molecule has 4 heteroatoms. The maximum absolute atomic E-state index is 4.41. The standard InChI is InChI=1S/C57H48N4/c1-7-19-50-52-38-48(34-36-56(52)60(54(50)10-4)44-20-13-11-14-21-44)58(40(5)8-2)46-30-26-42(27-31-46)43-28-32-47(33-29-43)59(41(6)9-3)49-35-37-57-53(39-49)51-24-17-18-25-55(51)61(57)45-22-15-12-16-23-45/h7-39H,1,3,6H2,2,4-5H3/b40-8+,50-19-,54-10+. The quantitative estimate of drug-likeness (QED) is 0.121. The Kier molecular flexibility index (Phi) is 10.4. The van der Waals surface area contributed by atoms with Crippen LogP contribution in [0.4, 0.5) is 22.7 Å². The first-order valence-electron chi connectivity index (χ1n) is 20.8. The van der Waals surface area contributed by atoms with E-state index in [2.05, 4.69) is 248 Å². The fourth-order valence-corrected chi connectivity index (χ4v) is 8.71. The van der Waals surface area contributed by atoms with Crippen molar-refractivity contribution in [2.24, 2.45) is 0 Å². The summed E-state index contributed by atoms with van der Waals surface area (Å²) in [6, 6.07) is 60.7. The van der Waals surface area contributed by atoms with E-state index in [0.29, 0.717) is 0 Å². The van der Waals surface area contributed by atoms with Gasteiger partial charge in [0.25, 0.3) is 0 Å². The normalized spacial score (nSPS) is 12.3. The van der Waals surface area contributed by atoms with Gasteiger partial charge in [-0.3, -0.25) is 0 Å². The lowest BCUT2D eigenvalue weighted by Gasteiger charge is -2.27. The monoisotopic (exact) mass is 788 g/mol. The van der Waals surface area contributed by atoms with Crippen LogP contribution in [-0.4, -0.2) is 9.13 Å². The number of para-hydroxylation sites is 3. The molecule has 0 bridgehead atoms. The molecule has 0 saturated carbocycles. The first-order chi connectivity index (χ1) is 29.9. The number of hydrogen-bond donors (Lipinski definition) is 0. The number of nitrogens with zero attached hydrogens (tertiary/aromatic N) is 4. The van der Waals surface area contributed by atoms with Crippen molar-refractivity contribution in [3.05, 3.63) is 230 Å². The van der Waals surface area contributed by atoms with Crippen LogP contribution in [0.3, 0.4) is 0 Å². The second-order valence-corrected chi connectivity index (χ2v) is 15.1. The Hall–Kier alpha value is -7.82. The van der Waals surface area contributed by atoms with Crippen LogP contribution in [0, 0.1) is 0 Å². The first-order valence-corrected chi connectivity index (χ1v) is 20.8. The Morgan fingerprint density at radius 2 is 1.00 bits per heavy atom. The molecule has 0 N–H and O–H groups in total. The predicted octanol–water partition coefficient (Wildman–Crippen LogP) is 14.1. The second kappa shape index (κ2) is 16.4. The van der Waals surface area contributed by atoms with E-state index in [1.807, 2.05) is 12.2 Å². The smallest absolute Gasteiger partial charge is 0.0542 e. The molecule has 0 spiro atoms. The maximum atomic E-state index is 4.41. The third-order valence-electron chi connectivity index (χ3n) is 11.7. The Balaban J connectivity index is 1.05. The number of anilines is 4. The van der Waals surface area contributed by atoms with Gasteiger partial charge in [-0.05, 0) is 129 Å². The van der Waals surface area contributed by atoms with Gasteiger partial charge < -0.3 is 18.9 Å². The molecule has 4 nitrogen and oxygen atoms in total. The van der Waals surface area contributed by atoms with Crippen LogP contribution in [0.2, 0.25) is 0 Å². The molecule has 9 aromatic rings. The van der Waals surface area contributed by atoms with Crippen molar-refractivity contribution in [2.45, 2.75) is 20.8 Å². The van der Waals surface area contributed by atoms with Gasteiger partial charge >= 0.3 is 0 Å². The van der Waals surface area contributed by atoms with Crippen LogP contribution in [0.5, 0.6) is 0 Å². The number of aromatic nitrogens is 2. The lowest BCUT2D eigenvalue weighted by atomic mass is 10.0. The SMILES string of the molecule is C=C/C=c1\c(=C/C)n(-c2ccccc2)c2ccc(N(/C(C)=C/C)c3ccc(-c4ccc(N(C(=C)C=C)c5ccc6c(c5)c5ccccc5n6-c5ccccc5)cc4)cc3)cc12. The number of benzene rings is 7. The summed E-state index contributed by atoms with van der Waals surface area (Å²) in [4.78, 5) is 4.50. The van der Waals surface area contributed by atoms with E-state index >= 15 is 0 Å². The van der Waals surface area contributed by atoms with E-state index in [1.54, 1.807) is 0 Å². The fraction of sp³-hybridized carbons (Fsp3) is 0.0526. The minimum Gasteiger partial charge on any atom is -0.315 e. The highest BCUT2D eigenvalue weighted by Crippen LogP contribution is 2.39. The Labute approximate surface area is 358 Å². The van der Waals surface area contributed by atoms with Gasteiger partial charge in [0, 0.05) is 72.2 Å². The average molecular weight is 789 g/mol. The highest BCUT2D eigenvalue weighted by molar-refractivity contribution is 6.10. The topological polar surface area (TPSA) is 16.3 Å². The van der Waals surface area contributed by atoms with E-state index < -0.39 is 0 Å². The summed E-state index contributed by atoms with van der Waals surface area (Å²) in [5.74, 6) is 0. The molecular weight excluding hydrogens is 741 g/mol. The van der Waals surface area contributed by atoms with Gasteiger partial charge in [0.2, 0.25) is 0 Å². The van der Waals surface area contributed by atoms with Gasteiger partial charge in [0.15, 0.2) is 0 Å². The largest absolute Gasteiger partial charge is 0.315 e. The molecule has 7 aromatic carbocycles. The van der Waals surface area contributed by atoms with Crippen molar-refractivity contribution in [3.63, 3.8) is 0 Å². The van der Waals surface area contributed by atoms with Gasteiger partial charge in [0.05, 0.1) is 16.6 Å². The van der Waals surface area contributed by atoms with Crippen molar-refractivity contribution >= 4 is 67.6 Å². The molecule has 0 fully saturated rings. The van der Waals surface area contributed by atoms with Gasteiger partial charge in [-0.25, -0.2) is 0 Å².